The molecule has 1 saturated heterocycles. The van der Waals surface area contributed by atoms with Crippen LogP contribution in [0.1, 0.15) is 18.4 Å². The van der Waals surface area contributed by atoms with Gasteiger partial charge in [0.05, 0.1) is 11.0 Å². The molecule has 1 aliphatic heterocycles. The fraction of sp³-hybridized carbons (Fsp3) is 0.261. The molecule has 0 amide bonds. The van der Waals surface area contributed by atoms with Crippen molar-refractivity contribution in [2.75, 3.05) is 18.0 Å². The molecule has 142 valence electrons. The molecule has 0 bridgehead atoms. The first-order valence-electron chi connectivity index (χ1n) is 9.65. The highest BCUT2D eigenvalue weighted by Gasteiger charge is 2.35. The lowest BCUT2D eigenvalue weighted by Gasteiger charge is -2.33. The van der Waals surface area contributed by atoms with Crippen LogP contribution in [0.15, 0.2) is 66.9 Å². The molecule has 0 aliphatic carbocycles. The number of piperidine rings is 1. The number of hydrogen-bond acceptors (Lipinski definition) is 2. The fourth-order valence-corrected chi connectivity index (χ4v) is 4.10. The Labute approximate surface area is 162 Å². The molecule has 2 aromatic heterocycles. The third-order valence-electron chi connectivity index (χ3n) is 5.58. The number of fused-ring (bicyclic) bond motifs is 3. The van der Waals surface area contributed by atoms with E-state index in [9.17, 15) is 8.78 Å². The van der Waals surface area contributed by atoms with Gasteiger partial charge in [-0.2, -0.15) is 0 Å². The van der Waals surface area contributed by atoms with E-state index in [0.717, 1.165) is 34.2 Å². The zero-order chi connectivity index (χ0) is 19.1. The van der Waals surface area contributed by atoms with E-state index in [-0.39, 0.29) is 12.8 Å². The van der Waals surface area contributed by atoms with Crippen molar-refractivity contribution in [2.24, 2.45) is 0 Å². The van der Waals surface area contributed by atoms with E-state index in [1.54, 1.807) is 0 Å². The predicted molar refractivity (Wildman–Crippen MR) is 109 cm³/mol. The molecule has 5 rings (SSSR count). The minimum absolute atomic E-state index is 0.117. The summed E-state index contributed by atoms with van der Waals surface area (Å²) in [5.41, 5.74) is 3.23. The molecule has 2 aromatic carbocycles. The van der Waals surface area contributed by atoms with E-state index in [4.69, 9.17) is 4.98 Å². The number of pyridine rings is 1. The lowest BCUT2D eigenvalue weighted by atomic mass is 10.1. The highest BCUT2D eigenvalue weighted by Crippen LogP contribution is 2.36. The third kappa shape index (κ3) is 3.01. The van der Waals surface area contributed by atoms with Crippen LogP contribution in [-0.4, -0.2) is 28.6 Å². The van der Waals surface area contributed by atoms with Gasteiger partial charge < -0.3 is 9.47 Å². The standard InChI is InChI=1S/C23H21F2N3/c24-23(25)11-14-27(15-12-23)22-19-10-13-28(16-17-6-2-1-3-7-17)21(19)18-8-4-5-9-20(18)26-22/h1-10,13H,11-12,14-16H2. The van der Waals surface area contributed by atoms with Crippen molar-refractivity contribution in [3.8, 4) is 0 Å². The first-order valence-corrected chi connectivity index (χ1v) is 9.65. The zero-order valence-corrected chi connectivity index (χ0v) is 15.5. The highest BCUT2D eigenvalue weighted by molar-refractivity contribution is 6.08. The molecule has 0 saturated carbocycles. The van der Waals surface area contributed by atoms with Gasteiger partial charge in [0.1, 0.15) is 5.82 Å². The quantitative estimate of drug-likeness (QED) is 0.472. The molecule has 3 heterocycles. The molecule has 28 heavy (non-hydrogen) atoms. The second-order valence-electron chi connectivity index (χ2n) is 7.49. The second-order valence-corrected chi connectivity index (χ2v) is 7.49. The van der Waals surface area contributed by atoms with Crippen LogP contribution in [0.2, 0.25) is 0 Å². The molecular formula is C23H21F2N3. The van der Waals surface area contributed by atoms with E-state index in [1.807, 2.05) is 41.3 Å². The number of halogens is 2. The Morgan fingerprint density at radius 3 is 2.36 bits per heavy atom. The summed E-state index contributed by atoms with van der Waals surface area (Å²) in [7, 11) is 0. The largest absolute Gasteiger partial charge is 0.356 e. The molecule has 0 N–H and O–H groups in total. The summed E-state index contributed by atoms with van der Waals surface area (Å²) in [4.78, 5) is 6.88. The lowest BCUT2D eigenvalue weighted by Crippen LogP contribution is -2.39. The van der Waals surface area contributed by atoms with Crippen LogP contribution in [-0.2, 0) is 6.54 Å². The summed E-state index contributed by atoms with van der Waals surface area (Å²) in [5.74, 6) is -1.75. The minimum atomic E-state index is -2.56. The van der Waals surface area contributed by atoms with Gasteiger partial charge >= 0.3 is 0 Å². The molecule has 3 nitrogen and oxygen atoms in total. The Morgan fingerprint density at radius 1 is 0.857 bits per heavy atom. The average Bonchev–Trinajstić information content (AvgIpc) is 3.12. The van der Waals surface area contributed by atoms with Gasteiger partial charge in [0.25, 0.3) is 5.92 Å². The summed E-state index contributed by atoms with van der Waals surface area (Å²) < 4.78 is 29.5. The van der Waals surface area contributed by atoms with Crippen LogP contribution in [0.5, 0.6) is 0 Å². The molecule has 0 unspecified atom stereocenters. The van der Waals surface area contributed by atoms with E-state index in [1.165, 1.54) is 5.56 Å². The van der Waals surface area contributed by atoms with Gasteiger partial charge in [0.2, 0.25) is 0 Å². The topological polar surface area (TPSA) is 21.1 Å². The Bertz CT molecular complexity index is 1120. The van der Waals surface area contributed by atoms with Crippen molar-refractivity contribution in [3.63, 3.8) is 0 Å². The molecule has 0 spiro atoms. The van der Waals surface area contributed by atoms with Crippen molar-refractivity contribution in [2.45, 2.75) is 25.3 Å². The maximum atomic E-state index is 13.7. The predicted octanol–water partition coefficient (Wildman–Crippen LogP) is 5.47. The first kappa shape index (κ1) is 17.2. The minimum Gasteiger partial charge on any atom is -0.356 e. The molecular weight excluding hydrogens is 356 g/mol. The number of alkyl halides is 2. The van der Waals surface area contributed by atoms with Crippen LogP contribution in [0.4, 0.5) is 14.6 Å². The number of hydrogen-bond donors (Lipinski definition) is 0. The fourth-order valence-electron chi connectivity index (χ4n) is 4.10. The van der Waals surface area contributed by atoms with E-state index in [2.05, 4.69) is 35.0 Å². The van der Waals surface area contributed by atoms with Crippen molar-refractivity contribution < 1.29 is 8.78 Å². The van der Waals surface area contributed by atoms with Gasteiger partial charge in [-0.05, 0) is 17.7 Å². The summed E-state index contributed by atoms with van der Waals surface area (Å²) in [6, 6.07) is 20.5. The molecule has 1 aliphatic rings. The highest BCUT2D eigenvalue weighted by atomic mass is 19.3. The second kappa shape index (κ2) is 6.59. The van der Waals surface area contributed by atoms with E-state index in [0.29, 0.717) is 13.1 Å². The molecule has 4 aromatic rings. The van der Waals surface area contributed by atoms with Crippen LogP contribution in [0.3, 0.4) is 0 Å². The zero-order valence-electron chi connectivity index (χ0n) is 15.5. The maximum Gasteiger partial charge on any atom is 0.251 e. The summed E-state index contributed by atoms with van der Waals surface area (Å²) in [5, 5.41) is 2.12. The van der Waals surface area contributed by atoms with Gasteiger partial charge in [-0.1, -0.05) is 48.5 Å². The number of para-hydroxylation sites is 1. The van der Waals surface area contributed by atoms with E-state index >= 15 is 0 Å². The molecule has 5 heteroatoms. The van der Waals surface area contributed by atoms with Gasteiger partial charge in [-0.25, -0.2) is 13.8 Å². The molecule has 1 fully saturated rings. The number of anilines is 1. The van der Waals surface area contributed by atoms with Gasteiger partial charge in [0.15, 0.2) is 0 Å². The number of rotatable bonds is 3. The number of benzene rings is 2. The smallest absolute Gasteiger partial charge is 0.251 e. The SMILES string of the molecule is FC1(F)CCN(c2nc3ccccc3c3c2ccn3Cc2ccccc2)CC1. The Hall–Kier alpha value is -2.95. The van der Waals surface area contributed by atoms with Crippen molar-refractivity contribution in [1.29, 1.82) is 0 Å². The Kier molecular flexibility index (Phi) is 4.04. The van der Waals surface area contributed by atoms with Gasteiger partial charge in [-0.15, -0.1) is 0 Å². The van der Waals surface area contributed by atoms with Crippen LogP contribution < -0.4 is 4.90 Å². The molecule has 0 radical (unpaired) electrons. The number of aromatic nitrogens is 2. The monoisotopic (exact) mass is 377 g/mol. The Morgan fingerprint density at radius 2 is 1.57 bits per heavy atom. The molecule has 0 atom stereocenters. The van der Waals surface area contributed by atoms with Crippen LogP contribution >= 0.6 is 0 Å². The third-order valence-corrected chi connectivity index (χ3v) is 5.58. The van der Waals surface area contributed by atoms with Gasteiger partial charge in [0, 0.05) is 49.4 Å². The normalized spacial score (nSPS) is 16.7. The summed E-state index contributed by atoms with van der Waals surface area (Å²) >= 11 is 0. The van der Waals surface area contributed by atoms with Gasteiger partial charge in [-0.3, -0.25) is 0 Å². The van der Waals surface area contributed by atoms with Crippen LogP contribution in [0, 0.1) is 0 Å². The summed E-state index contributed by atoms with van der Waals surface area (Å²) in [6.45, 7) is 1.42. The maximum absolute atomic E-state index is 13.7. The number of nitrogens with zero attached hydrogens (tertiary/aromatic N) is 3. The van der Waals surface area contributed by atoms with Crippen molar-refractivity contribution in [1.82, 2.24) is 9.55 Å². The van der Waals surface area contributed by atoms with Crippen molar-refractivity contribution >= 4 is 27.6 Å². The lowest BCUT2D eigenvalue weighted by molar-refractivity contribution is -0.0221. The summed E-state index contributed by atoms with van der Waals surface area (Å²) in [6.07, 6.45) is 1.84. The first-order chi connectivity index (χ1) is 13.6. The van der Waals surface area contributed by atoms with Crippen LogP contribution in [0.25, 0.3) is 21.8 Å². The van der Waals surface area contributed by atoms with Crippen molar-refractivity contribution in [3.05, 3.63) is 72.4 Å². The Balaban J connectivity index is 1.65. The average molecular weight is 377 g/mol. The van der Waals surface area contributed by atoms with E-state index < -0.39 is 5.92 Å².